The van der Waals surface area contributed by atoms with Gasteiger partial charge in [-0.3, -0.25) is 18.7 Å². The van der Waals surface area contributed by atoms with Crippen molar-refractivity contribution in [2.75, 3.05) is 0 Å². The Balaban J connectivity index is 1.36. The number of nitrogens with zero attached hydrogens (tertiary/aromatic N) is 4. The number of aromatic nitrogens is 4. The van der Waals surface area contributed by atoms with E-state index in [1.165, 1.54) is 4.57 Å². The highest BCUT2D eigenvalue weighted by Crippen LogP contribution is 2.31. The van der Waals surface area contributed by atoms with Crippen LogP contribution < -0.4 is 11.1 Å². The second-order valence-corrected chi connectivity index (χ2v) is 12.3. The standard InChI is InChI=1S/C36H22Cl4N4O2/c37-27-10-4-1-7-23(27)33-41-31-12-6-3-9-25(31)35(45)43(33)18-17-21-13-16-32-26(19-21)36(46)44(22-14-15-29(39)30(40)20-22)34(42-32)24-8-2-5-11-28(24)38/h1-16,19-20H,17-18H2. The molecule has 46 heavy (non-hydrogen) atoms. The maximum absolute atomic E-state index is 14.3. The molecule has 7 rings (SSSR count). The number of rotatable bonds is 6. The fraction of sp³-hybridized carbons (Fsp3) is 0.0556. The minimum Gasteiger partial charge on any atom is -0.292 e. The first-order valence-electron chi connectivity index (χ1n) is 14.3. The number of para-hydroxylation sites is 1. The molecule has 6 nitrogen and oxygen atoms in total. The van der Waals surface area contributed by atoms with Crippen LogP contribution in [0.5, 0.6) is 0 Å². The van der Waals surface area contributed by atoms with Gasteiger partial charge >= 0.3 is 0 Å². The maximum atomic E-state index is 14.3. The maximum Gasteiger partial charge on any atom is 0.266 e. The minimum atomic E-state index is -0.304. The van der Waals surface area contributed by atoms with Crippen LogP contribution >= 0.6 is 46.4 Å². The summed E-state index contributed by atoms with van der Waals surface area (Å²) < 4.78 is 3.13. The van der Waals surface area contributed by atoms with Gasteiger partial charge in [0.2, 0.25) is 0 Å². The molecule has 226 valence electrons. The van der Waals surface area contributed by atoms with Crippen LogP contribution in [-0.4, -0.2) is 19.1 Å². The van der Waals surface area contributed by atoms with Gasteiger partial charge in [-0.1, -0.05) is 88.9 Å². The van der Waals surface area contributed by atoms with Crippen molar-refractivity contribution in [3.8, 4) is 28.5 Å². The Morgan fingerprint density at radius 2 is 1.17 bits per heavy atom. The lowest BCUT2D eigenvalue weighted by Gasteiger charge is -2.16. The summed E-state index contributed by atoms with van der Waals surface area (Å²) in [4.78, 5) is 37.7. The topological polar surface area (TPSA) is 69.8 Å². The monoisotopic (exact) mass is 682 g/mol. The van der Waals surface area contributed by atoms with Gasteiger partial charge in [0.05, 0.1) is 47.6 Å². The Kier molecular flexibility index (Phi) is 8.13. The second kappa shape index (κ2) is 12.4. The van der Waals surface area contributed by atoms with E-state index in [-0.39, 0.29) is 11.1 Å². The Morgan fingerprint density at radius 1 is 0.543 bits per heavy atom. The zero-order valence-electron chi connectivity index (χ0n) is 23.9. The zero-order chi connectivity index (χ0) is 31.9. The fourth-order valence-electron chi connectivity index (χ4n) is 5.54. The number of hydrogen-bond acceptors (Lipinski definition) is 4. The van der Waals surface area contributed by atoms with Crippen molar-refractivity contribution in [1.29, 1.82) is 0 Å². The van der Waals surface area contributed by atoms with Crippen molar-refractivity contribution in [3.63, 3.8) is 0 Å². The van der Waals surface area contributed by atoms with Crippen LogP contribution in [0.3, 0.4) is 0 Å². The molecule has 7 aromatic rings. The van der Waals surface area contributed by atoms with Crippen molar-refractivity contribution in [2.45, 2.75) is 13.0 Å². The van der Waals surface area contributed by atoms with E-state index in [2.05, 4.69) is 0 Å². The number of benzene rings is 5. The summed E-state index contributed by atoms with van der Waals surface area (Å²) in [6.45, 7) is 0.300. The van der Waals surface area contributed by atoms with Gasteiger partial charge in [-0.25, -0.2) is 9.97 Å². The molecule has 0 spiro atoms. The van der Waals surface area contributed by atoms with E-state index in [1.54, 1.807) is 41.0 Å². The highest BCUT2D eigenvalue weighted by molar-refractivity contribution is 6.42. The van der Waals surface area contributed by atoms with Gasteiger partial charge in [-0.2, -0.15) is 0 Å². The molecule has 5 aromatic carbocycles. The quantitative estimate of drug-likeness (QED) is 0.175. The Bertz CT molecular complexity index is 2440. The third-order valence-corrected chi connectivity index (χ3v) is 9.21. The van der Waals surface area contributed by atoms with Gasteiger partial charge in [-0.05, 0) is 78.7 Å². The van der Waals surface area contributed by atoms with Gasteiger partial charge in [0.1, 0.15) is 11.6 Å². The highest BCUT2D eigenvalue weighted by atomic mass is 35.5. The first-order valence-corrected chi connectivity index (χ1v) is 15.8. The molecule has 0 aliphatic rings. The first kappa shape index (κ1) is 30.2. The Morgan fingerprint density at radius 3 is 1.89 bits per heavy atom. The molecule has 0 N–H and O–H groups in total. The average molecular weight is 684 g/mol. The summed E-state index contributed by atoms with van der Waals surface area (Å²) in [5.74, 6) is 0.843. The number of halogens is 4. The summed E-state index contributed by atoms with van der Waals surface area (Å²) >= 11 is 25.7. The molecule has 10 heteroatoms. The molecule has 0 aliphatic heterocycles. The van der Waals surface area contributed by atoms with Gasteiger partial charge < -0.3 is 0 Å². The average Bonchev–Trinajstić information content (AvgIpc) is 3.06. The molecule has 2 aromatic heterocycles. The molecule has 0 fully saturated rings. The Labute approximate surface area is 283 Å². The van der Waals surface area contributed by atoms with E-state index < -0.39 is 0 Å². The largest absolute Gasteiger partial charge is 0.292 e. The molecule has 0 saturated carbocycles. The predicted molar refractivity (Wildman–Crippen MR) is 188 cm³/mol. The molecule has 0 bridgehead atoms. The van der Waals surface area contributed by atoms with Crippen LogP contribution in [0.4, 0.5) is 0 Å². The van der Waals surface area contributed by atoms with Gasteiger partial charge in [-0.15, -0.1) is 0 Å². The summed E-state index contributed by atoms with van der Waals surface area (Å²) in [5, 5.41) is 2.51. The van der Waals surface area contributed by atoms with Crippen molar-refractivity contribution in [1.82, 2.24) is 19.1 Å². The Hall–Kier alpha value is -4.46. The second-order valence-electron chi connectivity index (χ2n) is 10.6. The third kappa shape index (κ3) is 5.48. The third-order valence-electron chi connectivity index (χ3n) is 7.81. The molecule has 0 aliphatic carbocycles. The van der Waals surface area contributed by atoms with Crippen LogP contribution in [0.2, 0.25) is 20.1 Å². The van der Waals surface area contributed by atoms with E-state index in [9.17, 15) is 9.59 Å². The van der Waals surface area contributed by atoms with Gasteiger partial charge in [0.25, 0.3) is 11.1 Å². The lowest BCUT2D eigenvalue weighted by atomic mass is 10.1. The number of fused-ring (bicyclic) bond motifs is 2. The van der Waals surface area contributed by atoms with Crippen LogP contribution in [0, 0.1) is 0 Å². The van der Waals surface area contributed by atoms with Crippen LogP contribution in [0.15, 0.2) is 119 Å². The molecule has 2 heterocycles. The minimum absolute atomic E-state index is 0.172. The lowest BCUT2D eigenvalue weighted by molar-refractivity contribution is 0.671. The van der Waals surface area contributed by atoms with E-state index in [4.69, 9.17) is 56.4 Å². The summed E-state index contributed by atoms with van der Waals surface area (Å²) in [5.41, 5.74) is 3.19. The summed E-state index contributed by atoms with van der Waals surface area (Å²) in [7, 11) is 0. The molecular formula is C36H22Cl4N4O2. The number of aryl methyl sites for hydroxylation is 1. The summed E-state index contributed by atoms with van der Waals surface area (Å²) in [6.07, 6.45) is 0.436. The lowest BCUT2D eigenvalue weighted by Crippen LogP contribution is -2.25. The molecule has 0 radical (unpaired) electrons. The summed E-state index contributed by atoms with van der Waals surface area (Å²) in [6, 6.07) is 32.2. The van der Waals surface area contributed by atoms with Crippen molar-refractivity contribution < 1.29 is 0 Å². The highest BCUT2D eigenvalue weighted by Gasteiger charge is 2.19. The molecule has 0 unspecified atom stereocenters. The van der Waals surface area contributed by atoms with E-state index in [0.29, 0.717) is 83.3 Å². The van der Waals surface area contributed by atoms with E-state index in [0.717, 1.165) is 5.56 Å². The van der Waals surface area contributed by atoms with Crippen LogP contribution in [0.25, 0.3) is 50.3 Å². The van der Waals surface area contributed by atoms with Crippen LogP contribution in [-0.2, 0) is 13.0 Å². The SMILES string of the molecule is O=c1c2ccccc2nc(-c2ccccc2Cl)n1CCc1ccc2nc(-c3ccccc3Cl)n(-c3ccc(Cl)c(Cl)c3)c(=O)c2c1. The molecule has 0 amide bonds. The zero-order valence-corrected chi connectivity index (χ0v) is 26.9. The van der Waals surface area contributed by atoms with E-state index in [1.807, 2.05) is 72.8 Å². The molecule has 0 saturated heterocycles. The van der Waals surface area contributed by atoms with Gasteiger partial charge in [0.15, 0.2) is 0 Å². The first-order chi connectivity index (χ1) is 22.3. The van der Waals surface area contributed by atoms with Crippen molar-refractivity contribution in [3.05, 3.63) is 156 Å². The van der Waals surface area contributed by atoms with Crippen molar-refractivity contribution >= 4 is 68.2 Å². The smallest absolute Gasteiger partial charge is 0.266 e. The number of hydrogen-bond donors (Lipinski definition) is 0. The van der Waals surface area contributed by atoms with Crippen LogP contribution in [0.1, 0.15) is 5.56 Å². The molecular weight excluding hydrogens is 662 g/mol. The predicted octanol–water partition coefficient (Wildman–Crippen LogP) is 9.29. The molecule has 0 atom stereocenters. The van der Waals surface area contributed by atoms with Crippen molar-refractivity contribution in [2.24, 2.45) is 0 Å². The van der Waals surface area contributed by atoms with Gasteiger partial charge in [0, 0.05) is 17.7 Å². The van der Waals surface area contributed by atoms with E-state index >= 15 is 0 Å². The fourth-order valence-corrected chi connectivity index (χ4v) is 6.27. The normalized spacial score (nSPS) is 11.4.